The molecule has 2 rings (SSSR count). The lowest BCUT2D eigenvalue weighted by atomic mass is 10.3. The van der Waals surface area contributed by atoms with Crippen LogP contribution in [0.5, 0.6) is 5.75 Å². The number of anilines is 1. The molecule has 13 heavy (non-hydrogen) atoms. The maximum atomic E-state index is 5.47. The number of fused-ring (bicyclic) bond motifs is 1. The molecule has 0 atom stereocenters. The van der Waals surface area contributed by atoms with E-state index in [-0.39, 0.29) is 17.0 Å². The van der Waals surface area contributed by atoms with E-state index in [0.29, 0.717) is 5.95 Å². The maximum absolute atomic E-state index is 5.47. The summed E-state index contributed by atoms with van der Waals surface area (Å²) in [7, 11) is 1.62. The Morgan fingerprint density at radius 1 is 1.46 bits per heavy atom. The fourth-order valence-electron chi connectivity index (χ4n) is 1.13. The van der Waals surface area contributed by atoms with Crippen molar-refractivity contribution in [2.45, 2.75) is 0 Å². The SMILES string of the molecule is Br.COc1ccc2[nH]c(N)nc2c1. The van der Waals surface area contributed by atoms with Gasteiger partial charge in [-0.1, -0.05) is 0 Å². The van der Waals surface area contributed by atoms with Gasteiger partial charge in [-0.25, -0.2) is 4.98 Å². The van der Waals surface area contributed by atoms with Gasteiger partial charge in [-0.2, -0.15) is 0 Å². The fourth-order valence-corrected chi connectivity index (χ4v) is 1.13. The third-order valence-electron chi connectivity index (χ3n) is 1.71. The highest BCUT2D eigenvalue weighted by atomic mass is 79.9. The zero-order chi connectivity index (χ0) is 8.55. The minimum absolute atomic E-state index is 0. The summed E-state index contributed by atoms with van der Waals surface area (Å²) in [6.07, 6.45) is 0. The molecule has 0 aliphatic rings. The van der Waals surface area contributed by atoms with Crippen LogP contribution in [0, 0.1) is 0 Å². The van der Waals surface area contributed by atoms with Crippen molar-refractivity contribution in [2.24, 2.45) is 0 Å². The largest absolute Gasteiger partial charge is 0.497 e. The van der Waals surface area contributed by atoms with Crippen LogP contribution in [0.1, 0.15) is 0 Å². The minimum Gasteiger partial charge on any atom is -0.497 e. The van der Waals surface area contributed by atoms with Gasteiger partial charge in [0.2, 0.25) is 0 Å². The predicted molar refractivity (Wildman–Crippen MR) is 57.4 cm³/mol. The van der Waals surface area contributed by atoms with Crippen LogP contribution < -0.4 is 10.5 Å². The number of halogens is 1. The van der Waals surface area contributed by atoms with Crippen molar-refractivity contribution in [3.8, 4) is 5.75 Å². The van der Waals surface area contributed by atoms with Gasteiger partial charge in [-0.15, -0.1) is 17.0 Å². The van der Waals surface area contributed by atoms with E-state index in [0.717, 1.165) is 16.8 Å². The Bertz CT molecular complexity index is 413. The summed E-state index contributed by atoms with van der Waals surface area (Å²) in [5.41, 5.74) is 7.22. The monoisotopic (exact) mass is 243 g/mol. The van der Waals surface area contributed by atoms with E-state index in [2.05, 4.69) is 9.97 Å². The van der Waals surface area contributed by atoms with Crippen LogP contribution in [-0.4, -0.2) is 17.1 Å². The molecule has 0 aliphatic carbocycles. The first-order valence-electron chi connectivity index (χ1n) is 3.59. The van der Waals surface area contributed by atoms with E-state index >= 15 is 0 Å². The van der Waals surface area contributed by atoms with Gasteiger partial charge in [0.05, 0.1) is 18.1 Å². The van der Waals surface area contributed by atoms with Crippen LogP contribution in [-0.2, 0) is 0 Å². The predicted octanol–water partition coefficient (Wildman–Crippen LogP) is 1.73. The molecule has 0 amide bonds. The number of H-pyrrole nitrogens is 1. The highest BCUT2D eigenvalue weighted by molar-refractivity contribution is 8.93. The molecule has 5 heteroatoms. The van der Waals surface area contributed by atoms with Crippen molar-refractivity contribution in [2.75, 3.05) is 12.8 Å². The quantitative estimate of drug-likeness (QED) is 0.802. The third-order valence-corrected chi connectivity index (χ3v) is 1.71. The molecule has 4 nitrogen and oxygen atoms in total. The lowest BCUT2D eigenvalue weighted by Crippen LogP contribution is -1.84. The van der Waals surface area contributed by atoms with Crippen LogP contribution >= 0.6 is 17.0 Å². The number of aromatic nitrogens is 2. The molecule has 0 spiro atoms. The van der Waals surface area contributed by atoms with Crippen LogP contribution in [0.3, 0.4) is 0 Å². The summed E-state index contributed by atoms with van der Waals surface area (Å²) in [4.78, 5) is 6.98. The number of rotatable bonds is 1. The molecule has 1 aromatic heterocycles. The fraction of sp³-hybridized carbons (Fsp3) is 0.125. The molecular formula is C8H10BrN3O. The van der Waals surface area contributed by atoms with Crippen molar-refractivity contribution >= 4 is 34.0 Å². The number of nitrogens with zero attached hydrogens (tertiary/aromatic N) is 1. The van der Waals surface area contributed by atoms with Gasteiger partial charge in [0.1, 0.15) is 5.75 Å². The molecule has 0 aliphatic heterocycles. The average molecular weight is 244 g/mol. The summed E-state index contributed by atoms with van der Waals surface area (Å²) in [6.45, 7) is 0. The Kier molecular flexibility index (Phi) is 2.77. The van der Waals surface area contributed by atoms with E-state index in [1.165, 1.54) is 0 Å². The van der Waals surface area contributed by atoms with E-state index in [1.54, 1.807) is 7.11 Å². The highest BCUT2D eigenvalue weighted by Gasteiger charge is 1.99. The van der Waals surface area contributed by atoms with Gasteiger partial charge in [-0.3, -0.25) is 0 Å². The lowest BCUT2D eigenvalue weighted by molar-refractivity contribution is 0.415. The minimum atomic E-state index is 0. The van der Waals surface area contributed by atoms with Crippen molar-refractivity contribution in [1.82, 2.24) is 9.97 Å². The first-order valence-corrected chi connectivity index (χ1v) is 3.59. The molecule has 0 saturated carbocycles. The van der Waals surface area contributed by atoms with E-state index in [4.69, 9.17) is 10.5 Å². The number of nitrogens with one attached hydrogen (secondary N) is 1. The standard InChI is InChI=1S/C8H9N3O.BrH/c1-12-5-2-3-6-7(4-5)11-8(9)10-6;/h2-4H,1H3,(H3,9,10,11);1H. The maximum Gasteiger partial charge on any atom is 0.198 e. The Hall–Kier alpha value is -1.23. The highest BCUT2D eigenvalue weighted by Crippen LogP contribution is 2.18. The Morgan fingerprint density at radius 2 is 2.23 bits per heavy atom. The zero-order valence-electron chi connectivity index (χ0n) is 7.07. The van der Waals surface area contributed by atoms with Crippen LogP contribution in [0.4, 0.5) is 5.95 Å². The molecule has 0 saturated heterocycles. The molecule has 1 aromatic carbocycles. The van der Waals surface area contributed by atoms with Crippen LogP contribution in [0.15, 0.2) is 18.2 Å². The van der Waals surface area contributed by atoms with E-state index in [9.17, 15) is 0 Å². The Morgan fingerprint density at radius 3 is 2.92 bits per heavy atom. The van der Waals surface area contributed by atoms with Gasteiger partial charge in [0, 0.05) is 6.07 Å². The normalized spacial score (nSPS) is 9.62. The molecule has 2 aromatic rings. The topological polar surface area (TPSA) is 63.9 Å². The smallest absolute Gasteiger partial charge is 0.198 e. The molecule has 0 unspecified atom stereocenters. The number of imidazole rings is 1. The summed E-state index contributed by atoms with van der Waals surface area (Å²) < 4.78 is 5.04. The van der Waals surface area contributed by atoms with Gasteiger partial charge < -0.3 is 15.5 Å². The number of ether oxygens (including phenoxy) is 1. The number of aromatic amines is 1. The number of nitrogen functional groups attached to an aromatic ring is 1. The third kappa shape index (κ3) is 1.75. The molecular weight excluding hydrogens is 234 g/mol. The lowest BCUT2D eigenvalue weighted by Gasteiger charge is -1.96. The van der Waals surface area contributed by atoms with Crippen molar-refractivity contribution < 1.29 is 4.74 Å². The van der Waals surface area contributed by atoms with E-state index in [1.807, 2.05) is 18.2 Å². The van der Waals surface area contributed by atoms with Gasteiger partial charge in [0.25, 0.3) is 0 Å². The second-order valence-corrected chi connectivity index (χ2v) is 2.51. The van der Waals surface area contributed by atoms with Gasteiger partial charge >= 0.3 is 0 Å². The van der Waals surface area contributed by atoms with Crippen molar-refractivity contribution in [1.29, 1.82) is 0 Å². The van der Waals surface area contributed by atoms with Crippen molar-refractivity contribution in [3.63, 3.8) is 0 Å². The number of hydrogen-bond acceptors (Lipinski definition) is 3. The first-order chi connectivity index (χ1) is 5.79. The van der Waals surface area contributed by atoms with Gasteiger partial charge in [0.15, 0.2) is 5.95 Å². The van der Waals surface area contributed by atoms with E-state index < -0.39 is 0 Å². The number of benzene rings is 1. The first kappa shape index (κ1) is 9.85. The summed E-state index contributed by atoms with van der Waals surface area (Å²) in [5.74, 6) is 1.22. The second kappa shape index (κ2) is 3.66. The Balaban J connectivity index is 0.000000845. The molecule has 0 bridgehead atoms. The van der Waals surface area contributed by atoms with Crippen LogP contribution in [0.25, 0.3) is 11.0 Å². The zero-order valence-corrected chi connectivity index (χ0v) is 8.79. The molecule has 3 N–H and O–H groups in total. The average Bonchev–Trinajstić information content (AvgIpc) is 2.43. The summed E-state index contributed by atoms with van der Waals surface area (Å²) in [6, 6.07) is 5.58. The molecule has 0 fully saturated rings. The number of nitrogens with two attached hydrogens (primary N) is 1. The number of hydrogen-bond donors (Lipinski definition) is 2. The summed E-state index contributed by atoms with van der Waals surface area (Å²) >= 11 is 0. The molecule has 0 radical (unpaired) electrons. The van der Waals surface area contributed by atoms with Crippen LogP contribution in [0.2, 0.25) is 0 Å². The Labute approximate surface area is 85.9 Å². The molecule has 1 heterocycles. The number of methoxy groups -OCH3 is 1. The molecule has 70 valence electrons. The second-order valence-electron chi connectivity index (χ2n) is 2.51. The van der Waals surface area contributed by atoms with Gasteiger partial charge in [-0.05, 0) is 12.1 Å². The summed E-state index contributed by atoms with van der Waals surface area (Å²) in [5, 5.41) is 0. The van der Waals surface area contributed by atoms with Crippen molar-refractivity contribution in [3.05, 3.63) is 18.2 Å².